The van der Waals surface area contributed by atoms with Gasteiger partial charge in [0.25, 0.3) is 5.91 Å². The third kappa shape index (κ3) is 3.51. The van der Waals surface area contributed by atoms with Gasteiger partial charge >= 0.3 is 0 Å². The van der Waals surface area contributed by atoms with E-state index in [1.54, 1.807) is 0 Å². The van der Waals surface area contributed by atoms with Crippen LogP contribution in [-0.4, -0.2) is 19.0 Å². The van der Waals surface area contributed by atoms with E-state index in [0.717, 1.165) is 40.7 Å². The number of amides is 1. The molecule has 1 fully saturated rings. The molecular formula is C22H22N2OS. The topological polar surface area (TPSA) is 32.3 Å². The zero-order valence-electron chi connectivity index (χ0n) is 14.8. The van der Waals surface area contributed by atoms with E-state index >= 15 is 0 Å². The second-order valence-corrected chi connectivity index (χ2v) is 7.79. The number of nitrogens with one attached hydrogen (secondary N) is 1. The van der Waals surface area contributed by atoms with E-state index in [2.05, 4.69) is 29.3 Å². The average molecular weight is 362 g/mol. The highest BCUT2D eigenvalue weighted by atomic mass is 32.1. The lowest BCUT2D eigenvalue weighted by molar-refractivity contribution is 0.103. The Balaban J connectivity index is 1.48. The Morgan fingerprint density at radius 3 is 2.54 bits per heavy atom. The Labute approximate surface area is 158 Å². The van der Waals surface area contributed by atoms with Gasteiger partial charge in [0, 0.05) is 30.0 Å². The van der Waals surface area contributed by atoms with Crippen LogP contribution < -0.4 is 10.2 Å². The number of carbonyl (C=O) groups excluding carboxylic acids is 1. The second kappa shape index (κ2) is 7.34. The molecular weight excluding hydrogens is 340 g/mol. The first kappa shape index (κ1) is 16.9. The lowest BCUT2D eigenvalue weighted by Crippen LogP contribution is -2.19. The Hall–Kier alpha value is -2.59. The number of benzene rings is 2. The van der Waals surface area contributed by atoms with Gasteiger partial charge in [0.2, 0.25) is 0 Å². The molecule has 0 saturated carbocycles. The van der Waals surface area contributed by atoms with Crippen molar-refractivity contribution >= 4 is 28.6 Å². The monoisotopic (exact) mass is 362 g/mol. The van der Waals surface area contributed by atoms with Crippen molar-refractivity contribution in [3.63, 3.8) is 0 Å². The van der Waals surface area contributed by atoms with Gasteiger partial charge in [-0.2, -0.15) is 0 Å². The summed E-state index contributed by atoms with van der Waals surface area (Å²) in [6.07, 6.45) is 1.25. The normalized spacial score (nSPS) is 16.7. The molecule has 0 aliphatic carbocycles. The summed E-state index contributed by atoms with van der Waals surface area (Å²) in [6, 6.07) is 20.2. The minimum Gasteiger partial charge on any atom is -0.371 e. The number of anilines is 2. The molecule has 0 radical (unpaired) electrons. The maximum absolute atomic E-state index is 12.7. The minimum absolute atomic E-state index is 0.0543. The summed E-state index contributed by atoms with van der Waals surface area (Å²) in [7, 11) is 0. The molecule has 4 heteroatoms. The zero-order chi connectivity index (χ0) is 17.9. The van der Waals surface area contributed by atoms with E-state index in [4.69, 9.17) is 0 Å². The summed E-state index contributed by atoms with van der Waals surface area (Å²) in [5.41, 5.74) is 4.11. The molecule has 1 atom stereocenters. The van der Waals surface area contributed by atoms with Gasteiger partial charge in [0.05, 0.1) is 4.88 Å². The summed E-state index contributed by atoms with van der Waals surface area (Å²) >= 11 is 1.48. The molecule has 1 aliphatic rings. The quantitative estimate of drug-likeness (QED) is 0.663. The second-order valence-electron chi connectivity index (χ2n) is 6.87. The number of thiophene rings is 1. The van der Waals surface area contributed by atoms with Gasteiger partial charge < -0.3 is 10.2 Å². The molecule has 2 heterocycles. The lowest BCUT2D eigenvalue weighted by Gasteiger charge is -2.18. The van der Waals surface area contributed by atoms with E-state index < -0.39 is 0 Å². The van der Waals surface area contributed by atoms with Crippen molar-refractivity contribution in [2.75, 3.05) is 23.3 Å². The summed E-state index contributed by atoms with van der Waals surface area (Å²) in [6.45, 7) is 4.52. The maximum Gasteiger partial charge on any atom is 0.266 e. The van der Waals surface area contributed by atoms with Crippen molar-refractivity contribution in [3.8, 4) is 11.1 Å². The molecule has 26 heavy (non-hydrogen) atoms. The van der Waals surface area contributed by atoms with Crippen molar-refractivity contribution in [1.29, 1.82) is 0 Å². The maximum atomic E-state index is 12.7. The summed E-state index contributed by atoms with van der Waals surface area (Å²) < 4.78 is 0. The van der Waals surface area contributed by atoms with Crippen LogP contribution >= 0.6 is 11.3 Å². The van der Waals surface area contributed by atoms with Crippen LogP contribution in [0.4, 0.5) is 11.4 Å². The largest absolute Gasteiger partial charge is 0.371 e. The van der Waals surface area contributed by atoms with Crippen molar-refractivity contribution in [2.24, 2.45) is 5.92 Å². The molecule has 132 valence electrons. The predicted molar refractivity (Wildman–Crippen MR) is 110 cm³/mol. The Bertz CT molecular complexity index is 886. The Morgan fingerprint density at radius 2 is 1.85 bits per heavy atom. The van der Waals surface area contributed by atoms with Gasteiger partial charge in [-0.15, -0.1) is 11.3 Å². The van der Waals surface area contributed by atoms with Crippen molar-refractivity contribution < 1.29 is 4.79 Å². The van der Waals surface area contributed by atoms with E-state index in [0.29, 0.717) is 0 Å². The molecule has 1 aliphatic heterocycles. The van der Waals surface area contributed by atoms with Gasteiger partial charge in [-0.3, -0.25) is 4.79 Å². The molecule has 1 aromatic heterocycles. The van der Waals surface area contributed by atoms with E-state index in [1.807, 2.05) is 53.9 Å². The Kier molecular flexibility index (Phi) is 4.76. The average Bonchev–Trinajstić information content (AvgIpc) is 3.32. The molecule has 3 nitrogen and oxygen atoms in total. The van der Waals surface area contributed by atoms with Crippen LogP contribution in [0.15, 0.2) is 66.0 Å². The summed E-state index contributed by atoms with van der Waals surface area (Å²) in [5, 5.41) is 5.00. The van der Waals surface area contributed by atoms with Crippen molar-refractivity contribution in [3.05, 3.63) is 70.9 Å². The standard InChI is InChI=1S/C22H22N2OS/c1-16-11-13-24(15-16)19-9-7-18(8-10-19)23-22(25)21-20(12-14-26-21)17-5-3-2-4-6-17/h2-10,12,14,16H,11,13,15H2,1H3,(H,23,25). The van der Waals surface area contributed by atoms with Crippen LogP contribution in [0.1, 0.15) is 23.0 Å². The molecule has 1 saturated heterocycles. The first-order valence-electron chi connectivity index (χ1n) is 9.00. The van der Waals surface area contributed by atoms with Crippen LogP contribution in [0.25, 0.3) is 11.1 Å². The minimum atomic E-state index is -0.0543. The van der Waals surface area contributed by atoms with Crippen LogP contribution in [0.5, 0.6) is 0 Å². The van der Waals surface area contributed by atoms with Crippen LogP contribution in [0.2, 0.25) is 0 Å². The molecule has 1 N–H and O–H groups in total. The molecule has 1 unspecified atom stereocenters. The fourth-order valence-corrected chi connectivity index (χ4v) is 4.25. The van der Waals surface area contributed by atoms with Crippen molar-refractivity contribution in [1.82, 2.24) is 0 Å². The first-order valence-corrected chi connectivity index (χ1v) is 9.88. The molecule has 4 rings (SSSR count). The first-order chi connectivity index (χ1) is 12.7. The smallest absolute Gasteiger partial charge is 0.266 e. The fraction of sp³-hybridized carbons (Fsp3) is 0.227. The number of hydrogen-bond acceptors (Lipinski definition) is 3. The van der Waals surface area contributed by atoms with Crippen LogP contribution in [-0.2, 0) is 0 Å². The SMILES string of the molecule is CC1CCN(c2ccc(NC(=O)c3sccc3-c3ccccc3)cc2)C1. The van der Waals surface area contributed by atoms with Gasteiger partial charge in [-0.25, -0.2) is 0 Å². The summed E-state index contributed by atoms with van der Waals surface area (Å²) in [5.74, 6) is 0.700. The third-order valence-corrected chi connectivity index (χ3v) is 5.78. The molecule has 0 spiro atoms. The lowest BCUT2D eigenvalue weighted by atomic mass is 10.1. The summed E-state index contributed by atoms with van der Waals surface area (Å²) in [4.78, 5) is 15.9. The predicted octanol–water partition coefficient (Wildman–Crippen LogP) is 5.51. The molecule has 0 bridgehead atoms. The molecule has 2 aromatic carbocycles. The number of rotatable bonds is 4. The zero-order valence-corrected chi connectivity index (χ0v) is 15.6. The van der Waals surface area contributed by atoms with Crippen LogP contribution in [0.3, 0.4) is 0 Å². The third-order valence-electron chi connectivity index (χ3n) is 4.87. The van der Waals surface area contributed by atoms with E-state index in [-0.39, 0.29) is 5.91 Å². The fourth-order valence-electron chi connectivity index (χ4n) is 3.44. The molecule has 1 amide bonds. The molecule has 3 aromatic rings. The van der Waals surface area contributed by atoms with Crippen molar-refractivity contribution in [2.45, 2.75) is 13.3 Å². The highest BCUT2D eigenvalue weighted by Crippen LogP contribution is 2.29. The van der Waals surface area contributed by atoms with Gasteiger partial charge in [-0.05, 0) is 53.6 Å². The van der Waals surface area contributed by atoms with E-state index in [9.17, 15) is 4.79 Å². The Morgan fingerprint density at radius 1 is 1.08 bits per heavy atom. The number of carbonyl (C=O) groups is 1. The number of hydrogen-bond donors (Lipinski definition) is 1. The van der Waals surface area contributed by atoms with Gasteiger partial charge in [0.15, 0.2) is 0 Å². The highest BCUT2D eigenvalue weighted by Gasteiger charge is 2.19. The highest BCUT2D eigenvalue weighted by molar-refractivity contribution is 7.12. The van der Waals surface area contributed by atoms with Crippen LogP contribution in [0, 0.1) is 5.92 Å². The van der Waals surface area contributed by atoms with Gasteiger partial charge in [-0.1, -0.05) is 37.3 Å². The van der Waals surface area contributed by atoms with E-state index in [1.165, 1.54) is 23.4 Å². The number of nitrogens with zero attached hydrogens (tertiary/aromatic N) is 1. The van der Waals surface area contributed by atoms with Gasteiger partial charge in [0.1, 0.15) is 0 Å².